The molecule has 138 valence electrons. The summed E-state index contributed by atoms with van der Waals surface area (Å²) in [6.45, 7) is 1.07. The number of nitro groups is 1. The first-order chi connectivity index (χ1) is 12.1. The number of benzene rings is 2. The van der Waals surface area contributed by atoms with Gasteiger partial charge >= 0.3 is 6.18 Å². The third-order valence-electron chi connectivity index (χ3n) is 3.78. The minimum Gasteiger partial charge on any atom is -0.352 e. The topological polar surface area (TPSA) is 72.2 Å². The molecule has 0 saturated carbocycles. The first-order valence-corrected chi connectivity index (χ1v) is 7.49. The lowest BCUT2D eigenvalue weighted by atomic mass is 10.0. The highest BCUT2D eigenvalue weighted by atomic mass is 19.4. The predicted octanol–water partition coefficient (Wildman–Crippen LogP) is 4.03. The van der Waals surface area contributed by atoms with Crippen molar-refractivity contribution in [3.05, 3.63) is 74.6 Å². The first-order valence-electron chi connectivity index (χ1n) is 7.49. The van der Waals surface area contributed by atoms with E-state index >= 15 is 0 Å². The summed E-state index contributed by atoms with van der Waals surface area (Å²) in [4.78, 5) is 22.1. The molecule has 0 unspecified atom stereocenters. The molecule has 0 atom stereocenters. The zero-order valence-electron chi connectivity index (χ0n) is 13.6. The number of hydrogen-bond donors (Lipinski definition) is 1. The van der Waals surface area contributed by atoms with Gasteiger partial charge in [-0.05, 0) is 31.0 Å². The fraction of sp³-hybridized carbons (Fsp3) is 0.235. The lowest BCUT2D eigenvalue weighted by molar-refractivity contribution is -0.385. The molecule has 1 N–H and O–H groups in total. The van der Waals surface area contributed by atoms with Gasteiger partial charge in [-0.2, -0.15) is 13.2 Å². The molecule has 0 fully saturated rings. The van der Waals surface area contributed by atoms with Crippen molar-refractivity contribution in [1.82, 2.24) is 5.32 Å². The van der Waals surface area contributed by atoms with Crippen molar-refractivity contribution in [2.45, 2.75) is 19.5 Å². The number of carbonyl (C=O) groups excluding carboxylic acids is 1. The van der Waals surface area contributed by atoms with E-state index in [2.05, 4.69) is 5.32 Å². The number of carbonyl (C=O) groups is 1. The number of hydrogen-bond acceptors (Lipinski definition) is 3. The van der Waals surface area contributed by atoms with Gasteiger partial charge in [0.15, 0.2) is 0 Å². The zero-order chi connectivity index (χ0) is 19.5. The Balaban J connectivity index is 2.10. The van der Waals surface area contributed by atoms with Crippen molar-refractivity contribution in [3.63, 3.8) is 0 Å². The molecule has 0 saturated heterocycles. The van der Waals surface area contributed by atoms with Gasteiger partial charge in [0.05, 0.1) is 16.1 Å². The summed E-state index contributed by atoms with van der Waals surface area (Å²) in [6.07, 6.45) is -4.61. The Morgan fingerprint density at radius 3 is 2.50 bits per heavy atom. The van der Waals surface area contributed by atoms with Gasteiger partial charge < -0.3 is 5.32 Å². The summed E-state index contributed by atoms with van der Waals surface area (Å²) in [5, 5.41) is 13.2. The molecule has 0 aliphatic carbocycles. The lowest BCUT2D eigenvalue weighted by Gasteiger charge is -2.13. The minimum atomic E-state index is -4.51. The monoisotopic (exact) mass is 370 g/mol. The van der Waals surface area contributed by atoms with Crippen LogP contribution >= 0.6 is 0 Å². The second kappa shape index (κ2) is 7.51. The third-order valence-corrected chi connectivity index (χ3v) is 3.78. The third kappa shape index (κ3) is 4.35. The van der Waals surface area contributed by atoms with E-state index in [4.69, 9.17) is 0 Å². The van der Waals surface area contributed by atoms with Crippen LogP contribution in [-0.4, -0.2) is 17.4 Å². The van der Waals surface area contributed by atoms with Crippen LogP contribution in [0.4, 0.5) is 23.2 Å². The largest absolute Gasteiger partial charge is 0.416 e. The van der Waals surface area contributed by atoms with Crippen molar-refractivity contribution in [1.29, 1.82) is 0 Å². The highest BCUT2D eigenvalue weighted by Gasteiger charge is 2.32. The maximum atomic E-state index is 13.7. The number of rotatable bonds is 5. The highest BCUT2D eigenvalue weighted by molar-refractivity contribution is 5.95. The van der Waals surface area contributed by atoms with Gasteiger partial charge in [-0.15, -0.1) is 0 Å². The molecule has 0 radical (unpaired) electrons. The van der Waals surface area contributed by atoms with Crippen LogP contribution in [0.3, 0.4) is 0 Å². The van der Waals surface area contributed by atoms with E-state index in [1.165, 1.54) is 25.1 Å². The Hall–Kier alpha value is -2.97. The normalized spacial score (nSPS) is 11.3. The van der Waals surface area contributed by atoms with Crippen molar-refractivity contribution in [2.24, 2.45) is 0 Å². The SMILES string of the molecule is Cc1c(F)cc(C(=O)NCCc2ccccc2C(F)(F)F)cc1[N+](=O)[O-]. The molecule has 0 aromatic heterocycles. The van der Waals surface area contributed by atoms with E-state index in [0.717, 1.165) is 18.2 Å². The Bertz CT molecular complexity index is 850. The van der Waals surface area contributed by atoms with Gasteiger partial charge in [0.25, 0.3) is 11.6 Å². The summed E-state index contributed by atoms with van der Waals surface area (Å²) >= 11 is 0. The van der Waals surface area contributed by atoms with Gasteiger partial charge in [0, 0.05) is 18.2 Å². The number of alkyl halides is 3. The maximum absolute atomic E-state index is 13.7. The lowest BCUT2D eigenvalue weighted by Crippen LogP contribution is -2.26. The molecule has 2 aromatic carbocycles. The van der Waals surface area contributed by atoms with Gasteiger partial charge in [0.2, 0.25) is 0 Å². The number of nitrogens with one attached hydrogen (secondary N) is 1. The molecule has 2 rings (SSSR count). The van der Waals surface area contributed by atoms with Crippen LogP contribution < -0.4 is 5.32 Å². The average Bonchev–Trinajstić information content (AvgIpc) is 2.56. The number of halogens is 4. The molecule has 5 nitrogen and oxygen atoms in total. The Morgan fingerprint density at radius 2 is 1.88 bits per heavy atom. The summed E-state index contributed by atoms with van der Waals surface area (Å²) in [7, 11) is 0. The average molecular weight is 370 g/mol. The van der Waals surface area contributed by atoms with E-state index < -0.39 is 34.1 Å². The van der Waals surface area contributed by atoms with Crippen LogP contribution in [0, 0.1) is 22.9 Å². The second-order valence-corrected chi connectivity index (χ2v) is 5.52. The molecular formula is C17H14F4N2O3. The van der Waals surface area contributed by atoms with E-state index in [9.17, 15) is 32.5 Å². The Morgan fingerprint density at radius 1 is 1.23 bits per heavy atom. The Labute approximate surface area is 145 Å². The molecule has 2 aromatic rings. The molecule has 1 amide bonds. The second-order valence-electron chi connectivity index (χ2n) is 5.52. The van der Waals surface area contributed by atoms with Crippen LogP contribution in [0.15, 0.2) is 36.4 Å². The predicted molar refractivity (Wildman–Crippen MR) is 85.3 cm³/mol. The van der Waals surface area contributed by atoms with E-state index in [1.54, 1.807) is 0 Å². The smallest absolute Gasteiger partial charge is 0.352 e. The summed E-state index contributed by atoms with van der Waals surface area (Å²) in [6, 6.07) is 6.73. The number of nitrogens with zero attached hydrogens (tertiary/aromatic N) is 1. The van der Waals surface area contributed by atoms with Gasteiger partial charge in [-0.1, -0.05) is 18.2 Å². The quantitative estimate of drug-likeness (QED) is 0.491. The molecule has 0 aliphatic rings. The van der Waals surface area contributed by atoms with Crippen LogP contribution in [0.5, 0.6) is 0 Å². The fourth-order valence-corrected chi connectivity index (χ4v) is 2.41. The van der Waals surface area contributed by atoms with Gasteiger partial charge in [-0.3, -0.25) is 14.9 Å². The molecule has 0 heterocycles. The minimum absolute atomic E-state index is 0.00127. The van der Waals surface area contributed by atoms with Crippen LogP contribution in [-0.2, 0) is 12.6 Å². The zero-order valence-corrected chi connectivity index (χ0v) is 13.6. The maximum Gasteiger partial charge on any atom is 0.416 e. The standard InChI is InChI=1S/C17H14F4N2O3/c1-10-14(18)8-12(9-15(10)23(25)26)16(24)22-7-6-11-4-2-3-5-13(11)17(19,20)21/h2-5,8-9H,6-7H2,1H3,(H,22,24). The van der Waals surface area contributed by atoms with Crippen molar-refractivity contribution in [2.75, 3.05) is 6.54 Å². The van der Waals surface area contributed by atoms with Crippen molar-refractivity contribution in [3.8, 4) is 0 Å². The first kappa shape index (κ1) is 19.4. The van der Waals surface area contributed by atoms with Gasteiger partial charge in [-0.25, -0.2) is 4.39 Å². The highest BCUT2D eigenvalue weighted by Crippen LogP contribution is 2.32. The fourth-order valence-electron chi connectivity index (χ4n) is 2.41. The Kier molecular flexibility index (Phi) is 5.59. The summed E-state index contributed by atoms with van der Waals surface area (Å²) in [5.41, 5.74) is -1.82. The van der Waals surface area contributed by atoms with Crippen LogP contribution in [0.25, 0.3) is 0 Å². The number of amides is 1. The van der Waals surface area contributed by atoms with E-state index in [1.807, 2.05) is 0 Å². The van der Waals surface area contributed by atoms with Crippen molar-refractivity contribution >= 4 is 11.6 Å². The molecule has 9 heteroatoms. The number of nitro benzene ring substituents is 1. The van der Waals surface area contributed by atoms with E-state index in [-0.39, 0.29) is 29.7 Å². The molecular weight excluding hydrogens is 356 g/mol. The molecule has 26 heavy (non-hydrogen) atoms. The summed E-state index contributed by atoms with van der Waals surface area (Å²) in [5.74, 6) is -1.72. The molecule has 0 spiro atoms. The van der Waals surface area contributed by atoms with E-state index in [0.29, 0.717) is 0 Å². The van der Waals surface area contributed by atoms with Crippen molar-refractivity contribution < 1.29 is 27.3 Å². The van der Waals surface area contributed by atoms with Crippen LogP contribution in [0.1, 0.15) is 27.0 Å². The van der Waals surface area contributed by atoms with Gasteiger partial charge in [0.1, 0.15) is 5.82 Å². The van der Waals surface area contributed by atoms with Crippen LogP contribution in [0.2, 0.25) is 0 Å². The summed E-state index contributed by atoms with van der Waals surface area (Å²) < 4.78 is 52.4. The molecule has 0 bridgehead atoms. The molecule has 0 aliphatic heterocycles.